The molecule has 2 aromatic carbocycles. The molecular formula is C17H20O3. The molecule has 0 radical (unpaired) electrons. The molecule has 2 rings (SSSR count). The van der Waals surface area contributed by atoms with Crippen LogP contribution < -0.4 is 9.47 Å². The molecule has 0 aliphatic rings. The van der Waals surface area contributed by atoms with Gasteiger partial charge in [0.2, 0.25) is 0 Å². The van der Waals surface area contributed by atoms with Gasteiger partial charge in [0.1, 0.15) is 12.7 Å². The molecule has 0 bridgehead atoms. The molecule has 0 saturated carbocycles. The van der Waals surface area contributed by atoms with Gasteiger partial charge in [0.15, 0.2) is 11.5 Å². The van der Waals surface area contributed by atoms with Gasteiger partial charge in [-0.15, -0.1) is 0 Å². The first-order valence-electron chi connectivity index (χ1n) is 6.89. The Morgan fingerprint density at radius 2 is 1.50 bits per heavy atom. The van der Waals surface area contributed by atoms with Crippen LogP contribution in [0.5, 0.6) is 11.5 Å². The van der Waals surface area contributed by atoms with Crippen molar-refractivity contribution < 1.29 is 14.6 Å². The molecule has 0 aromatic heterocycles. The average Bonchev–Trinajstić information content (AvgIpc) is 2.52. The van der Waals surface area contributed by atoms with E-state index in [-0.39, 0.29) is 6.61 Å². The fourth-order valence-electron chi connectivity index (χ4n) is 1.84. The van der Waals surface area contributed by atoms with Crippen molar-refractivity contribution in [3.63, 3.8) is 0 Å². The molecule has 3 nitrogen and oxygen atoms in total. The Labute approximate surface area is 119 Å². The molecule has 0 spiro atoms. The lowest BCUT2D eigenvalue weighted by Crippen LogP contribution is -2.10. The molecule has 0 fully saturated rings. The van der Waals surface area contributed by atoms with E-state index in [1.807, 2.05) is 54.6 Å². The molecule has 1 unspecified atom stereocenters. The van der Waals surface area contributed by atoms with E-state index in [0.29, 0.717) is 12.4 Å². The monoisotopic (exact) mass is 272 g/mol. The number of rotatable bonds is 7. The second-order valence-corrected chi connectivity index (χ2v) is 4.53. The quantitative estimate of drug-likeness (QED) is 0.837. The van der Waals surface area contributed by atoms with Crippen LogP contribution >= 0.6 is 0 Å². The molecule has 0 saturated heterocycles. The van der Waals surface area contributed by atoms with Crippen LogP contribution in [0.25, 0.3) is 0 Å². The van der Waals surface area contributed by atoms with Crippen LogP contribution in [0.2, 0.25) is 0 Å². The van der Waals surface area contributed by atoms with E-state index in [0.717, 1.165) is 17.7 Å². The first-order chi connectivity index (χ1) is 9.81. The maximum Gasteiger partial charge on any atom is 0.161 e. The van der Waals surface area contributed by atoms with E-state index in [1.165, 1.54) is 0 Å². The van der Waals surface area contributed by atoms with E-state index in [1.54, 1.807) is 0 Å². The summed E-state index contributed by atoms with van der Waals surface area (Å²) < 4.78 is 11.3. The zero-order valence-corrected chi connectivity index (χ0v) is 11.7. The number of benzene rings is 2. The Bertz CT molecular complexity index is 511. The summed E-state index contributed by atoms with van der Waals surface area (Å²) >= 11 is 0. The first kappa shape index (κ1) is 14.4. The highest BCUT2D eigenvalue weighted by molar-refractivity contribution is 5.39. The highest BCUT2D eigenvalue weighted by atomic mass is 16.5. The summed E-state index contributed by atoms with van der Waals surface area (Å²) in [5.41, 5.74) is 0.847. The third-order valence-corrected chi connectivity index (χ3v) is 2.89. The Kier molecular flexibility index (Phi) is 5.44. The van der Waals surface area contributed by atoms with E-state index in [2.05, 4.69) is 6.92 Å². The largest absolute Gasteiger partial charge is 0.490 e. The number of aliphatic hydroxyl groups excluding tert-OH is 1. The normalized spacial score (nSPS) is 11.9. The Balaban J connectivity index is 1.96. The van der Waals surface area contributed by atoms with Crippen molar-refractivity contribution in [2.45, 2.75) is 19.4 Å². The lowest BCUT2D eigenvalue weighted by Gasteiger charge is -2.15. The van der Waals surface area contributed by atoms with Gasteiger partial charge in [0, 0.05) is 0 Å². The first-order valence-corrected chi connectivity index (χ1v) is 6.89. The van der Waals surface area contributed by atoms with Crippen LogP contribution in [0.1, 0.15) is 25.0 Å². The van der Waals surface area contributed by atoms with Crippen molar-refractivity contribution in [2.24, 2.45) is 0 Å². The molecule has 3 heteroatoms. The second-order valence-electron chi connectivity index (χ2n) is 4.53. The third kappa shape index (κ3) is 4.00. The highest BCUT2D eigenvalue weighted by Gasteiger charge is 2.10. The number of aliphatic hydroxyl groups is 1. The van der Waals surface area contributed by atoms with Gasteiger partial charge >= 0.3 is 0 Å². The van der Waals surface area contributed by atoms with E-state index >= 15 is 0 Å². The van der Waals surface area contributed by atoms with Crippen LogP contribution in [0.15, 0.2) is 54.6 Å². The van der Waals surface area contributed by atoms with Gasteiger partial charge in [-0.1, -0.05) is 49.4 Å². The van der Waals surface area contributed by atoms with Crippen LogP contribution in [-0.2, 0) is 0 Å². The summed E-state index contributed by atoms with van der Waals surface area (Å²) in [7, 11) is 0. The van der Waals surface area contributed by atoms with E-state index < -0.39 is 6.10 Å². The number of para-hydroxylation sites is 2. The molecule has 1 atom stereocenters. The summed E-state index contributed by atoms with van der Waals surface area (Å²) in [5.74, 6) is 1.38. The molecule has 0 heterocycles. The smallest absolute Gasteiger partial charge is 0.161 e. The summed E-state index contributed by atoms with van der Waals surface area (Å²) in [4.78, 5) is 0. The van der Waals surface area contributed by atoms with Gasteiger partial charge in [-0.05, 0) is 24.1 Å². The lowest BCUT2D eigenvalue weighted by atomic mass is 10.1. The molecule has 0 aliphatic carbocycles. The predicted molar refractivity (Wildman–Crippen MR) is 79.1 cm³/mol. The lowest BCUT2D eigenvalue weighted by molar-refractivity contribution is 0.105. The molecule has 2 aromatic rings. The Morgan fingerprint density at radius 3 is 2.15 bits per heavy atom. The van der Waals surface area contributed by atoms with Crippen molar-refractivity contribution >= 4 is 0 Å². The fraction of sp³-hybridized carbons (Fsp3) is 0.294. The van der Waals surface area contributed by atoms with Gasteiger partial charge < -0.3 is 14.6 Å². The SMILES string of the molecule is CCCOc1ccccc1OCC(O)c1ccccc1. The minimum absolute atomic E-state index is 0.205. The molecule has 0 aliphatic heterocycles. The summed E-state index contributed by atoms with van der Waals surface area (Å²) in [6, 6.07) is 17.0. The molecule has 106 valence electrons. The van der Waals surface area contributed by atoms with Crippen LogP contribution in [-0.4, -0.2) is 18.3 Å². The number of hydrogen-bond donors (Lipinski definition) is 1. The van der Waals surface area contributed by atoms with Gasteiger partial charge in [0.25, 0.3) is 0 Å². The maximum atomic E-state index is 10.1. The van der Waals surface area contributed by atoms with Crippen LogP contribution in [0, 0.1) is 0 Å². The third-order valence-electron chi connectivity index (χ3n) is 2.89. The van der Waals surface area contributed by atoms with Crippen molar-refractivity contribution in [3.05, 3.63) is 60.2 Å². The zero-order chi connectivity index (χ0) is 14.2. The van der Waals surface area contributed by atoms with Crippen molar-refractivity contribution in [2.75, 3.05) is 13.2 Å². The van der Waals surface area contributed by atoms with Crippen LogP contribution in [0.3, 0.4) is 0 Å². The molecule has 1 N–H and O–H groups in total. The zero-order valence-electron chi connectivity index (χ0n) is 11.7. The van der Waals surface area contributed by atoms with Crippen molar-refractivity contribution in [3.8, 4) is 11.5 Å². The van der Waals surface area contributed by atoms with E-state index in [9.17, 15) is 5.11 Å². The average molecular weight is 272 g/mol. The van der Waals surface area contributed by atoms with Crippen molar-refractivity contribution in [1.29, 1.82) is 0 Å². The van der Waals surface area contributed by atoms with E-state index in [4.69, 9.17) is 9.47 Å². The maximum absolute atomic E-state index is 10.1. The fourth-order valence-corrected chi connectivity index (χ4v) is 1.84. The number of ether oxygens (including phenoxy) is 2. The standard InChI is InChI=1S/C17H20O3/c1-2-12-19-16-10-6-7-11-17(16)20-13-15(18)14-8-4-3-5-9-14/h3-11,15,18H,2,12-13H2,1H3. The van der Waals surface area contributed by atoms with Gasteiger partial charge in [-0.25, -0.2) is 0 Å². The minimum Gasteiger partial charge on any atom is -0.490 e. The topological polar surface area (TPSA) is 38.7 Å². The van der Waals surface area contributed by atoms with Crippen LogP contribution in [0.4, 0.5) is 0 Å². The summed E-state index contributed by atoms with van der Waals surface area (Å²) in [5, 5.41) is 10.1. The van der Waals surface area contributed by atoms with Gasteiger partial charge in [0.05, 0.1) is 6.61 Å². The predicted octanol–water partition coefficient (Wildman–Crippen LogP) is 3.59. The molecular weight excluding hydrogens is 252 g/mol. The molecule has 0 amide bonds. The Morgan fingerprint density at radius 1 is 0.900 bits per heavy atom. The Hall–Kier alpha value is -2.00. The van der Waals surface area contributed by atoms with Gasteiger partial charge in [-0.2, -0.15) is 0 Å². The summed E-state index contributed by atoms with van der Waals surface area (Å²) in [6.45, 7) is 2.92. The molecule has 20 heavy (non-hydrogen) atoms. The summed E-state index contributed by atoms with van der Waals surface area (Å²) in [6.07, 6.45) is 0.302. The number of hydrogen-bond acceptors (Lipinski definition) is 3. The van der Waals surface area contributed by atoms with Gasteiger partial charge in [-0.3, -0.25) is 0 Å². The highest BCUT2D eigenvalue weighted by Crippen LogP contribution is 2.27. The van der Waals surface area contributed by atoms with Crippen molar-refractivity contribution in [1.82, 2.24) is 0 Å². The second kappa shape index (κ2) is 7.56. The minimum atomic E-state index is -0.643.